The zero-order chi connectivity index (χ0) is 29.5. The molecule has 0 aromatic heterocycles. The molecule has 4 fully saturated rings. The average molecular weight is 580 g/mol. The molecule has 5 aliphatic rings. The summed E-state index contributed by atoms with van der Waals surface area (Å²) in [5.74, 6) is 3.49. The summed E-state index contributed by atoms with van der Waals surface area (Å²) in [6.45, 7) is 0. The van der Waals surface area contributed by atoms with Gasteiger partial charge in [-0.2, -0.15) is 0 Å². The van der Waals surface area contributed by atoms with Gasteiger partial charge in [-0.05, 0) is 125 Å². The van der Waals surface area contributed by atoms with Crippen LogP contribution in [0.1, 0.15) is 43.2 Å². The Morgan fingerprint density at radius 1 is 0.467 bits per heavy atom. The number of benzene rings is 6. The molecule has 0 atom stereocenters. The van der Waals surface area contributed by atoms with E-state index >= 15 is 0 Å². The third-order valence-corrected chi connectivity index (χ3v) is 12.0. The van der Waals surface area contributed by atoms with Crippen molar-refractivity contribution in [1.82, 2.24) is 0 Å². The van der Waals surface area contributed by atoms with Gasteiger partial charge in [-0.15, -0.1) is 0 Å². The fraction of sp³-hybridized carbons (Fsp3) is 0.227. The van der Waals surface area contributed by atoms with Gasteiger partial charge in [0.15, 0.2) is 0 Å². The minimum Gasteiger partial charge on any atom is -0.310 e. The van der Waals surface area contributed by atoms with Crippen molar-refractivity contribution in [2.45, 2.75) is 37.5 Å². The van der Waals surface area contributed by atoms with Crippen molar-refractivity contribution in [3.05, 3.63) is 151 Å². The second kappa shape index (κ2) is 9.69. The first-order valence-corrected chi connectivity index (χ1v) is 17.0. The number of hydrogen-bond acceptors (Lipinski definition) is 1. The van der Waals surface area contributed by atoms with Gasteiger partial charge in [0.1, 0.15) is 0 Å². The second-order valence-corrected chi connectivity index (χ2v) is 14.2. The summed E-state index contributed by atoms with van der Waals surface area (Å²) in [6.07, 6.45) is 7.17. The molecule has 1 spiro atoms. The van der Waals surface area contributed by atoms with Crippen molar-refractivity contribution in [3.63, 3.8) is 0 Å². The molecule has 6 aromatic carbocycles. The third-order valence-electron chi connectivity index (χ3n) is 12.0. The summed E-state index contributed by atoms with van der Waals surface area (Å²) in [5, 5.41) is 2.51. The molecule has 0 heterocycles. The van der Waals surface area contributed by atoms with Gasteiger partial charge < -0.3 is 4.90 Å². The van der Waals surface area contributed by atoms with E-state index in [9.17, 15) is 0 Å². The first-order chi connectivity index (χ1) is 22.3. The van der Waals surface area contributed by atoms with Gasteiger partial charge in [-0.1, -0.05) is 109 Å². The van der Waals surface area contributed by atoms with Crippen LogP contribution in [0.5, 0.6) is 0 Å². The van der Waals surface area contributed by atoms with Crippen LogP contribution in [0.15, 0.2) is 140 Å². The van der Waals surface area contributed by atoms with Gasteiger partial charge >= 0.3 is 0 Å². The number of hydrogen-bond donors (Lipinski definition) is 0. The van der Waals surface area contributed by atoms with Crippen LogP contribution in [0.3, 0.4) is 0 Å². The molecule has 11 rings (SSSR count). The van der Waals surface area contributed by atoms with Gasteiger partial charge in [-0.3, -0.25) is 0 Å². The highest BCUT2D eigenvalue weighted by molar-refractivity contribution is 5.99. The Balaban J connectivity index is 1.12. The predicted molar refractivity (Wildman–Crippen MR) is 187 cm³/mol. The summed E-state index contributed by atoms with van der Waals surface area (Å²) < 4.78 is 0. The topological polar surface area (TPSA) is 3.24 Å². The van der Waals surface area contributed by atoms with Gasteiger partial charge in [-0.25, -0.2) is 0 Å². The van der Waals surface area contributed by atoms with Crippen LogP contribution in [0.25, 0.3) is 33.0 Å². The third kappa shape index (κ3) is 3.61. The highest BCUT2D eigenvalue weighted by atomic mass is 15.1. The van der Waals surface area contributed by atoms with E-state index in [0.717, 1.165) is 23.7 Å². The number of para-hydroxylation sites is 1. The van der Waals surface area contributed by atoms with Gasteiger partial charge in [0.05, 0.1) is 5.69 Å². The molecule has 1 heteroatoms. The molecule has 4 bridgehead atoms. The molecular formula is C44H37N. The van der Waals surface area contributed by atoms with E-state index in [2.05, 4.69) is 144 Å². The Hall–Kier alpha value is -4.62. The lowest BCUT2D eigenvalue weighted by molar-refractivity contribution is -0.0399. The summed E-state index contributed by atoms with van der Waals surface area (Å²) in [7, 11) is 0. The lowest BCUT2D eigenvalue weighted by Gasteiger charge is -2.61. The fourth-order valence-corrected chi connectivity index (χ4v) is 10.6. The van der Waals surface area contributed by atoms with E-state index in [1.54, 1.807) is 11.1 Å². The summed E-state index contributed by atoms with van der Waals surface area (Å²) in [6, 6.07) is 52.2. The number of fused-ring (bicyclic) bond motifs is 4. The highest BCUT2D eigenvalue weighted by Crippen LogP contribution is 2.70. The molecule has 45 heavy (non-hydrogen) atoms. The van der Waals surface area contributed by atoms with Crippen LogP contribution >= 0.6 is 0 Å². The zero-order valence-electron chi connectivity index (χ0n) is 25.6. The standard InChI is InChI=1S/C44H37N/c1-2-12-35(13-3-1)45(42-19-8-11-31-10-4-5-14-37(31)42)36-22-20-32(21-23-36)38-16-9-18-41-43(38)39-15-6-7-17-40(39)44(41)33-25-29-24-30(27-33)28-34(44)26-29/h1-23,29-30,33-34H,24-28H2. The number of rotatable bonds is 4. The fourth-order valence-electron chi connectivity index (χ4n) is 10.6. The minimum atomic E-state index is 0.202. The van der Waals surface area contributed by atoms with Crippen LogP contribution in [-0.4, -0.2) is 0 Å². The van der Waals surface area contributed by atoms with E-state index in [1.807, 2.05) is 0 Å². The normalized spacial score (nSPS) is 25.4. The van der Waals surface area contributed by atoms with Gasteiger partial charge in [0.2, 0.25) is 0 Å². The van der Waals surface area contributed by atoms with Crippen LogP contribution in [-0.2, 0) is 5.41 Å². The minimum absolute atomic E-state index is 0.202. The van der Waals surface area contributed by atoms with Crippen molar-refractivity contribution in [1.29, 1.82) is 0 Å². The number of nitrogens with zero attached hydrogens (tertiary/aromatic N) is 1. The lowest BCUT2D eigenvalue weighted by atomic mass is 9.43. The molecule has 218 valence electrons. The maximum absolute atomic E-state index is 2.51. The highest BCUT2D eigenvalue weighted by Gasteiger charge is 2.61. The maximum atomic E-state index is 2.51. The second-order valence-electron chi connectivity index (χ2n) is 14.2. The van der Waals surface area contributed by atoms with Crippen LogP contribution < -0.4 is 4.90 Å². The Labute approximate surface area is 266 Å². The Kier molecular flexibility index (Phi) is 5.53. The van der Waals surface area contributed by atoms with Crippen LogP contribution in [0.4, 0.5) is 17.1 Å². The first-order valence-electron chi connectivity index (χ1n) is 17.0. The molecule has 6 aromatic rings. The largest absolute Gasteiger partial charge is 0.310 e. The molecular weight excluding hydrogens is 542 g/mol. The lowest BCUT2D eigenvalue weighted by Crippen LogP contribution is -2.55. The molecule has 0 saturated heterocycles. The van der Waals surface area contributed by atoms with Crippen molar-refractivity contribution < 1.29 is 0 Å². The first kappa shape index (κ1) is 25.7. The molecule has 4 saturated carbocycles. The van der Waals surface area contributed by atoms with Crippen LogP contribution in [0.2, 0.25) is 0 Å². The summed E-state index contributed by atoms with van der Waals surface area (Å²) in [4.78, 5) is 2.40. The zero-order valence-corrected chi connectivity index (χ0v) is 25.6. The quantitative estimate of drug-likeness (QED) is 0.201. The Morgan fingerprint density at radius 2 is 1.07 bits per heavy atom. The molecule has 1 nitrogen and oxygen atoms in total. The van der Waals surface area contributed by atoms with Crippen molar-refractivity contribution in [3.8, 4) is 22.3 Å². The molecule has 0 unspecified atom stereocenters. The summed E-state index contributed by atoms with van der Waals surface area (Å²) >= 11 is 0. The van der Waals surface area contributed by atoms with Crippen LogP contribution in [0, 0.1) is 23.7 Å². The smallest absolute Gasteiger partial charge is 0.0540 e. The van der Waals surface area contributed by atoms with Gasteiger partial charge in [0, 0.05) is 22.2 Å². The van der Waals surface area contributed by atoms with Crippen molar-refractivity contribution >= 4 is 27.8 Å². The SMILES string of the molecule is c1ccc(N(c2ccc(-c3cccc4c3-c3ccccc3C43C4CC5CC(C4)CC3C5)cc2)c2cccc3ccccc23)cc1. The monoisotopic (exact) mass is 579 g/mol. The van der Waals surface area contributed by atoms with Crippen molar-refractivity contribution in [2.24, 2.45) is 23.7 Å². The van der Waals surface area contributed by atoms with E-state index in [4.69, 9.17) is 0 Å². The molecule has 0 N–H and O–H groups in total. The molecule has 0 radical (unpaired) electrons. The van der Waals surface area contributed by atoms with E-state index in [-0.39, 0.29) is 5.41 Å². The van der Waals surface area contributed by atoms with Gasteiger partial charge in [0.25, 0.3) is 0 Å². The molecule has 0 amide bonds. The van der Waals surface area contributed by atoms with Crippen molar-refractivity contribution in [2.75, 3.05) is 4.90 Å². The molecule has 0 aliphatic heterocycles. The summed E-state index contributed by atoms with van der Waals surface area (Å²) in [5.41, 5.74) is 12.7. The Bertz CT molecular complexity index is 2040. The number of anilines is 3. The predicted octanol–water partition coefficient (Wildman–Crippen LogP) is 11.7. The Morgan fingerprint density at radius 3 is 1.87 bits per heavy atom. The van der Waals surface area contributed by atoms with E-state index in [1.165, 1.54) is 82.2 Å². The maximum Gasteiger partial charge on any atom is 0.0540 e. The van der Waals surface area contributed by atoms with E-state index < -0.39 is 0 Å². The van der Waals surface area contributed by atoms with E-state index in [0.29, 0.717) is 0 Å². The average Bonchev–Trinajstić information content (AvgIpc) is 3.39. The molecule has 5 aliphatic carbocycles.